The van der Waals surface area contributed by atoms with Gasteiger partial charge in [-0.15, -0.1) is 0 Å². The number of amides is 2. The lowest BCUT2D eigenvalue weighted by Crippen LogP contribution is -2.48. The summed E-state index contributed by atoms with van der Waals surface area (Å²) in [6.07, 6.45) is 6.49. The van der Waals surface area contributed by atoms with Crippen LogP contribution in [0.15, 0.2) is 12.4 Å². The lowest BCUT2D eigenvalue weighted by atomic mass is 9.97. The van der Waals surface area contributed by atoms with E-state index in [1.54, 1.807) is 6.20 Å². The van der Waals surface area contributed by atoms with Crippen LogP contribution in [0.4, 0.5) is 4.79 Å². The molecule has 25 heavy (non-hydrogen) atoms. The molecule has 0 spiro atoms. The summed E-state index contributed by atoms with van der Waals surface area (Å²) in [6, 6.07) is 0.0843. The molecule has 0 aromatic carbocycles. The molecule has 0 aliphatic carbocycles. The third-order valence-corrected chi connectivity index (χ3v) is 5.15. The van der Waals surface area contributed by atoms with Crippen molar-refractivity contribution < 1.29 is 4.79 Å². The van der Waals surface area contributed by atoms with Gasteiger partial charge in [0.25, 0.3) is 0 Å². The largest absolute Gasteiger partial charge is 0.348 e. The average Bonchev–Trinajstić information content (AvgIpc) is 3.20. The van der Waals surface area contributed by atoms with E-state index in [2.05, 4.69) is 34.2 Å². The first-order valence-electron chi connectivity index (χ1n) is 8.99. The normalized spacial score (nSPS) is 19.0. The maximum Gasteiger partial charge on any atom is 0.317 e. The lowest BCUT2D eigenvalue weighted by Gasteiger charge is -2.32. The second kappa shape index (κ2) is 7.29. The highest BCUT2D eigenvalue weighted by Gasteiger charge is 2.27. The fraction of sp³-hybridized carbons (Fsp3) is 0.611. The predicted octanol–water partition coefficient (Wildman–Crippen LogP) is 2.28. The molecular formula is C18H28N6O. The summed E-state index contributed by atoms with van der Waals surface area (Å²) in [5.41, 5.74) is 3.42. The molecule has 2 aromatic rings. The lowest BCUT2D eigenvalue weighted by molar-refractivity contribution is 0.175. The van der Waals surface area contributed by atoms with Crippen molar-refractivity contribution in [2.45, 2.75) is 52.0 Å². The third kappa shape index (κ3) is 3.86. The molecule has 7 heteroatoms. The Labute approximate surface area is 148 Å². The van der Waals surface area contributed by atoms with E-state index in [0.717, 1.165) is 49.6 Å². The van der Waals surface area contributed by atoms with Crippen molar-refractivity contribution in [3.8, 4) is 0 Å². The number of rotatable bonds is 4. The Hall–Kier alpha value is -2.31. The van der Waals surface area contributed by atoms with Crippen molar-refractivity contribution in [3.63, 3.8) is 0 Å². The number of urea groups is 1. The standard InChI is InChI=1S/C18H28N6O/c1-12(10-16-13(2)22-23(4)14(16)3)21-18(25)24-9-5-6-15(11-24)17-19-7-8-20-17/h7-8,12,15H,5-6,9-11H2,1-4H3,(H,19,20)(H,21,25)/t12-,15+/m1/s1. The van der Waals surface area contributed by atoms with Crippen molar-refractivity contribution in [2.24, 2.45) is 7.05 Å². The van der Waals surface area contributed by atoms with Gasteiger partial charge in [0.15, 0.2) is 0 Å². The number of aromatic nitrogens is 4. The van der Waals surface area contributed by atoms with Crippen molar-refractivity contribution in [2.75, 3.05) is 13.1 Å². The highest BCUT2D eigenvalue weighted by molar-refractivity contribution is 5.74. The number of imidazole rings is 1. The maximum atomic E-state index is 12.7. The van der Waals surface area contributed by atoms with Crippen LogP contribution in [0, 0.1) is 13.8 Å². The Balaban J connectivity index is 1.57. The number of nitrogens with zero attached hydrogens (tertiary/aromatic N) is 4. The van der Waals surface area contributed by atoms with Gasteiger partial charge in [-0.2, -0.15) is 5.10 Å². The summed E-state index contributed by atoms with van der Waals surface area (Å²) in [5, 5.41) is 7.60. The molecule has 1 saturated heterocycles. The molecule has 7 nitrogen and oxygen atoms in total. The molecule has 0 unspecified atom stereocenters. The van der Waals surface area contributed by atoms with Gasteiger partial charge < -0.3 is 15.2 Å². The third-order valence-electron chi connectivity index (χ3n) is 5.15. The van der Waals surface area contributed by atoms with Gasteiger partial charge in [0.2, 0.25) is 0 Å². The van der Waals surface area contributed by atoms with Crippen molar-refractivity contribution in [1.29, 1.82) is 0 Å². The first-order chi connectivity index (χ1) is 12.0. The smallest absolute Gasteiger partial charge is 0.317 e. The first kappa shape index (κ1) is 17.5. The molecule has 136 valence electrons. The van der Waals surface area contributed by atoms with E-state index < -0.39 is 0 Å². The SMILES string of the molecule is Cc1nn(C)c(C)c1C[C@@H](C)NC(=O)N1CCC[C@H](c2ncc[nH]2)C1. The average molecular weight is 344 g/mol. The van der Waals surface area contributed by atoms with Gasteiger partial charge in [-0.1, -0.05) is 0 Å². The summed E-state index contributed by atoms with van der Waals surface area (Å²) in [7, 11) is 1.96. The molecule has 2 amide bonds. The minimum absolute atomic E-state index is 0.0166. The van der Waals surface area contributed by atoms with Gasteiger partial charge in [-0.3, -0.25) is 4.68 Å². The van der Waals surface area contributed by atoms with Crippen LogP contribution in [-0.2, 0) is 13.5 Å². The predicted molar refractivity (Wildman–Crippen MR) is 96.5 cm³/mol. The van der Waals surface area contributed by atoms with Crippen LogP contribution in [-0.4, -0.2) is 49.8 Å². The summed E-state index contributed by atoms with van der Waals surface area (Å²) >= 11 is 0. The Bertz CT molecular complexity index is 720. The number of aromatic amines is 1. The molecule has 1 fully saturated rings. The van der Waals surface area contributed by atoms with E-state index in [-0.39, 0.29) is 12.1 Å². The van der Waals surface area contributed by atoms with Crippen molar-refractivity contribution in [3.05, 3.63) is 35.2 Å². The molecule has 2 atom stereocenters. The van der Waals surface area contributed by atoms with Gasteiger partial charge in [-0.25, -0.2) is 9.78 Å². The number of hydrogen-bond donors (Lipinski definition) is 2. The van der Waals surface area contributed by atoms with Gasteiger partial charge in [-0.05, 0) is 45.6 Å². The van der Waals surface area contributed by atoms with Crippen molar-refractivity contribution >= 4 is 6.03 Å². The van der Waals surface area contributed by atoms with Gasteiger partial charge in [0, 0.05) is 50.2 Å². The summed E-state index contributed by atoms with van der Waals surface area (Å²) < 4.78 is 1.90. The highest BCUT2D eigenvalue weighted by Crippen LogP contribution is 2.24. The first-order valence-corrected chi connectivity index (χ1v) is 8.99. The quantitative estimate of drug-likeness (QED) is 0.893. The Morgan fingerprint density at radius 3 is 2.92 bits per heavy atom. The second-order valence-corrected chi connectivity index (χ2v) is 7.09. The molecule has 1 aliphatic heterocycles. The van der Waals surface area contributed by atoms with Crippen LogP contribution in [0.25, 0.3) is 0 Å². The molecule has 1 aliphatic rings. The number of piperidine rings is 1. The minimum Gasteiger partial charge on any atom is -0.348 e. The van der Waals surface area contributed by atoms with Crippen LogP contribution >= 0.6 is 0 Å². The van der Waals surface area contributed by atoms with Crippen molar-refractivity contribution in [1.82, 2.24) is 30.0 Å². The van der Waals surface area contributed by atoms with Gasteiger partial charge >= 0.3 is 6.03 Å². The van der Waals surface area contributed by atoms with E-state index in [0.29, 0.717) is 5.92 Å². The number of aryl methyl sites for hydroxylation is 2. The van der Waals surface area contributed by atoms with E-state index in [1.165, 1.54) is 5.56 Å². The van der Waals surface area contributed by atoms with Crippen LogP contribution in [0.3, 0.4) is 0 Å². The molecule has 3 heterocycles. The monoisotopic (exact) mass is 344 g/mol. The highest BCUT2D eigenvalue weighted by atomic mass is 16.2. The zero-order valence-electron chi connectivity index (χ0n) is 15.5. The van der Waals surface area contributed by atoms with Gasteiger partial charge in [0.1, 0.15) is 5.82 Å². The number of carbonyl (C=O) groups excluding carboxylic acids is 1. The minimum atomic E-state index is 0.0166. The van der Waals surface area contributed by atoms with E-state index in [9.17, 15) is 4.79 Å². The molecule has 0 bridgehead atoms. The number of likely N-dealkylation sites (tertiary alicyclic amines) is 1. The molecule has 3 rings (SSSR count). The van der Waals surface area contributed by atoms with Crippen LogP contribution < -0.4 is 5.32 Å². The fourth-order valence-corrected chi connectivity index (χ4v) is 3.66. The fourth-order valence-electron chi connectivity index (χ4n) is 3.66. The Kier molecular flexibility index (Phi) is 5.11. The zero-order valence-corrected chi connectivity index (χ0v) is 15.5. The molecule has 0 radical (unpaired) electrons. The van der Waals surface area contributed by atoms with E-state index in [4.69, 9.17) is 0 Å². The maximum absolute atomic E-state index is 12.7. The van der Waals surface area contributed by atoms with Gasteiger partial charge in [0.05, 0.1) is 5.69 Å². The second-order valence-electron chi connectivity index (χ2n) is 7.09. The number of nitrogens with one attached hydrogen (secondary N) is 2. The topological polar surface area (TPSA) is 78.8 Å². The zero-order chi connectivity index (χ0) is 18.0. The Morgan fingerprint density at radius 1 is 1.48 bits per heavy atom. The molecule has 2 N–H and O–H groups in total. The molecule has 0 saturated carbocycles. The van der Waals surface area contributed by atoms with E-state index >= 15 is 0 Å². The molecule has 2 aromatic heterocycles. The molecular weight excluding hydrogens is 316 g/mol. The summed E-state index contributed by atoms with van der Waals surface area (Å²) in [5.74, 6) is 1.28. The van der Waals surface area contributed by atoms with E-state index in [1.807, 2.05) is 29.7 Å². The number of H-pyrrole nitrogens is 1. The Morgan fingerprint density at radius 2 is 2.28 bits per heavy atom. The number of carbonyl (C=O) groups is 1. The summed E-state index contributed by atoms with van der Waals surface area (Å²) in [6.45, 7) is 7.67. The van der Waals surface area contributed by atoms with Crippen LogP contribution in [0.2, 0.25) is 0 Å². The number of hydrogen-bond acceptors (Lipinski definition) is 3. The summed E-state index contributed by atoms with van der Waals surface area (Å²) in [4.78, 5) is 22.1. The van der Waals surface area contributed by atoms with Crippen LogP contribution in [0.5, 0.6) is 0 Å². The van der Waals surface area contributed by atoms with Crippen LogP contribution in [0.1, 0.15) is 48.5 Å².